The highest BCUT2D eigenvalue weighted by Crippen LogP contribution is 2.24. The molecule has 0 radical (unpaired) electrons. The first-order valence-corrected chi connectivity index (χ1v) is 5.53. The molecule has 2 N–H and O–H groups in total. The quantitative estimate of drug-likeness (QED) is 0.644. The molecule has 0 amide bonds. The molecule has 3 heteroatoms. The molecule has 3 aromatic rings. The standard InChI is InChI=1S/C14H13N3/c1-10-4-5-11(15)7-13(10)14-9-17-6-2-3-12(17)8-16-14/h2-9H,15H2,1H3. The minimum atomic E-state index is 0.764. The van der Waals surface area contributed by atoms with Crippen LogP contribution in [0.1, 0.15) is 5.56 Å². The third kappa shape index (κ3) is 1.65. The maximum Gasteiger partial charge on any atom is 0.0872 e. The Morgan fingerprint density at radius 3 is 3.00 bits per heavy atom. The minimum absolute atomic E-state index is 0.764. The Hall–Kier alpha value is -2.29. The van der Waals surface area contributed by atoms with E-state index < -0.39 is 0 Å². The van der Waals surface area contributed by atoms with Gasteiger partial charge >= 0.3 is 0 Å². The Kier molecular flexibility index (Phi) is 2.11. The van der Waals surface area contributed by atoms with Crippen molar-refractivity contribution in [3.8, 4) is 11.3 Å². The fourth-order valence-electron chi connectivity index (χ4n) is 1.99. The number of hydrogen-bond acceptors (Lipinski definition) is 2. The Morgan fingerprint density at radius 2 is 2.12 bits per heavy atom. The van der Waals surface area contributed by atoms with Gasteiger partial charge in [0, 0.05) is 23.6 Å². The molecule has 2 aromatic heterocycles. The summed E-state index contributed by atoms with van der Waals surface area (Å²) in [6, 6.07) is 9.93. The first-order valence-electron chi connectivity index (χ1n) is 5.53. The highest BCUT2D eigenvalue weighted by Gasteiger charge is 2.04. The molecule has 0 spiro atoms. The smallest absolute Gasteiger partial charge is 0.0872 e. The highest BCUT2D eigenvalue weighted by molar-refractivity contribution is 5.68. The molecule has 2 heterocycles. The second-order valence-corrected chi connectivity index (χ2v) is 4.19. The lowest BCUT2D eigenvalue weighted by Crippen LogP contribution is -1.93. The zero-order valence-electron chi connectivity index (χ0n) is 9.59. The van der Waals surface area contributed by atoms with E-state index in [1.165, 1.54) is 5.56 Å². The average Bonchev–Trinajstić information content (AvgIpc) is 2.79. The predicted octanol–water partition coefficient (Wildman–Crippen LogP) is 2.89. The van der Waals surface area contributed by atoms with Gasteiger partial charge in [-0.3, -0.25) is 4.98 Å². The van der Waals surface area contributed by atoms with E-state index in [1.54, 1.807) is 0 Å². The summed E-state index contributed by atoms with van der Waals surface area (Å²) in [4.78, 5) is 4.47. The number of fused-ring (bicyclic) bond motifs is 1. The van der Waals surface area contributed by atoms with Gasteiger partial charge in [0.05, 0.1) is 17.4 Å². The van der Waals surface area contributed by atoms with Crippen LogP contribution in [0, 0.1) is 6.92 Å². The normalized spacial score (nSPS) is 10.9. The average molecular weight is 223 g/mol. The number of anilines is 1. The first kappa shape index (κ1) is 9.90. The summed E-state index contributed by atoms with van der Waals surface area (Å²) in [5.74, 6) is 0. The molecule has 0 saturated carbocycles. The summed E-state index contributed by atoms with van der Waals surface area (Å²) < 4.78 is 2.06. The highest BCUT2D eigenvalue weighted by atomic mass is 14.9. The summed E-state index contributed by atoms with van der Waals surface area (Å²) in [7, 11) is 0. The summed E-state index contributed by atoms with van der Waals surface area (Å²) >= 11 is 0. The van der Waals surface area contributed by atoms with Gasteiger partial charge in [-0.1, -0.05) is 6.07 Å². The van der Waals surface area contributed by atoms with Crippen LogP contribution in [0.15, 0.2) is 48.9 Å². The molecule has 84 valence electrons. The van der Waals surface area contributed by atoms with Crippen molar-refractivity contribution in [3.63, 3.8) is 0 Å². The Morgan fingerprint density at radius 1 is 1.24 bits per heavy atom. The number of aromatic nitrogens is 2. The SMILES string of the molecule is Cc1ccc(N)cc1-c1cn2cccc2cn1. The lowest BCUT2D eigenvalue weighted by atomic mass is 10.1. The van der Waals surface area contributed by atoms with Crippen LogP contribution >= 0.6 is 0 Å². The van der Waals surface area contributed by atoms with Crippen molar-refractivity contribution in [2.75, 3.05) is 5.73 Å². The molecule has 17 heavy (non-hydrogen) atoms. The molecular formula is C14H13N3. The van der Waals surface area contributed by atoms with Crippen LogP contribution < -0.4 is 5.73 Å². The van der Waals surface area contributed by atoms with E-state index in [9.17, 15) is 0 Å². The maximum atomic E-state index is 5.82. The van der Waals surface area contributed by atoms with Crippen LogP contribution in [0.2, 0.25) is 0 Å². The van der Waals surface area contributed by atoms with Crippen molar-refractivity contribution in [1.82, 2.24) is 9.38 Å². The number of hydrogen-bond donors (Lipinski definition) is 1. The van der Waals surface area contributed by atoms with Gasteiger partial charge in [-0.15, -0.1) is 0 Å². The van der Waals surface area contributed by atoms with Gasteiger partial charge in [0.2, 0.25) is 0 Å². The van der Waals surface area contributed by atoms with Crippen LogP contribution in [-0.2, 0) is 0 Å². The van der Waals surface area contributed by atoms with Crippen molar-refractivity contribution in [3.05, 3.63) is 54.5 Å². The molecular weight excluding hydrogens is 210 g/mol. The van der Waals surface area contributed by atoms with Crippen molar-refractivity contribution >= 4 is 11.2 Å². The van der Waals surface area contributed by atoms with E-state index in [0.717, 1.165) is 22.5 Å². The van der Waals surface area contributed by atoms with Gasteiger partial charge < -0.3 is 10.1 Å². The van der Waals surface area contributed by atoms with Gasteiger partial charge in [0.25, 0.3) is 0 Å². The molecule has 3 rings (SSSR count). The van der Waals surface area contributed by atoms with Crippen LogP contribution in [0.25, 0.3) is 16.8 Å². The molecule has 0 unspecified atom stereocenters. The van der Waals surface area contributed by atoms with E-state index in [2.05, 4.69) is 16.3 Å². The number of nitrogen functional groups attached to an aromatic ring is 1. The van der Waals surface area contributed by atoms with Crippen LogP contribution in [-0.4, -0.2) is 9.38 Å². The maximum absolute atomic E-state index is 5.82. The number of benzene rings is 1. The lowest BCUT2D eigenvalue weighted by Gasteiger charge is -2.07. The van der Waals surface area contributed by atoms with Crippen LogP contribution in [0.4, 0.5) is 5.69 Å². The minimum Gasteiger partial charge on any atom is -0.399 e. The summed E-state index contributed by atoms with van der Waals surface area (Å²) in [6.07, 6.45) is 5.91. The zero-order chi connectivity index (χ0) is 11.8. The molecule has 1 aromatic carbocycles. The first-order chi connectivity index (χ1) is 8.24. The zero-order valence-corrected chi connectivity index (χ0v) is 9.59. The predicted molar refractivity (Wildman–Crippen MR) is 69.8 cm³/mol. The third-order valence-electron chi connectivity index (χ3n) is 2.95. The Bertz CT molecular complexity index is 683. The fourth-order valence-corrected chi connectivity index (χ4v) is 1.99. The topological polar surface area (TPSA) is 43.3 Å². The van der Waals surface area contributed by atoms with Crippen molar-refractivity contribution in [2.45, 2.75) is 6.92 Å². The van der Waals surface area contributed by atoms with Crippen molar-refractivity contribution < 1.29 is 0 Å². The van der Waals surface area contributed by atoms with Crippen LogP contribution in [0.3, 0.4) is 0 Å². The molecule has 0 aliphatic rings. The largest absolute Gasteiger partial charge is 0.399 e. The van der Waals surface area contributed by atoms with E-state index in [0.29, 0.717) is 0 Å². The van der Waals surface area contributed by atoms with E-state index in [1.807, 2.05) is 48.9 Å². The number of aryl methyl sites for hydroxylation is 1. The van der Waals surface area contributed by atoms with Gasteiger partial charge in [-0.25, -0.2) is 0 Å². The molecule has 0 saturated heterocycles. The molecule has 0 atom stereocenters. The van der Waals surface area contributed by atoms with E-state index in [4.69, 9.17) is 5.73 Å². The third-order valence-corrected chi connectivity index (χ3v) is 2.95. The van der Waals surface area contributed by atoms with E-state index in [-0.39, 0.29) is 0 Å². The Balaban J connectivity index is 2.22. The summed E-state index contributed by atoms with van der Waals surface area (Å²) in [6.45, 7) is 2.07. The summed E-state index contributed by atoms with van der Waals surface area (Å²) in [5, 5.41) is 0. The monoisotopic (exact) mass is 223 g/mol. The second-order valence-electron chi connectivity index (χ2n) is 4.19. The Labute approximate surface area is 99.5 Å². The van der Waals surface area contributed by atoms with E-state index >= 15 is 0 Å². The van der Waals surface area contributed by atoms with Gasteiger partial charge in [0.15, 0.2) is 0 Å². The molecule has 0 fully saturated rings. The summed E-state index contributed by atoms with van der Waals surface area (Å²) in [5.41, 5.74) is 10.9. The second kappa shape index (κ2) is 3.63. The van der Waals surface area contributed by atoms with Gasteiger partial charge in [0.1, 0.15) is 0 Å². The van der Waals surface area contributed by atoms with Crippen LogP contribution in [0.5, 0.6) is 0 Å². The lowest BCUT2D eigenvalue weighted by molar-refractivity contribution is 1.14. The number of rotatable bonds is 1. The molecule has 0 aliphatic carbocycles. The molecule has 3 nitrogen and oxygen atoms in total. The van der Waals surface area contributed by atoms with Gasteiger partial charge in [-0.2, -0.15) is 0 Å². The number of nitrogens with zero attached hydrogens (tertiary/aromatic N) is 2. The molecule has 0 bridgehead atoms. The van der Waals surface area contributed by atoms with Crippen molar-refractivity contribution in [2.24, 2.45) is 0 Å². The molecule has 0 aliphatic heterocycles. The van der Waals surface area contributed by atoms with Crippen molar-refractivity contribution in [1.29, 1.82) is 0 Å². The number of nitrogens with two attached hydrogens (primary N) is 1. The fraction of sp³-hybridized carbons (Fsp3) is 0.0714. The van der Waals surface area contributed by atoms with Gasteiger partial charge in [-0.05, 0) is 36.8 Å².